The van der Waals surface area contributed by atoms with Crippen LogP contribution in [0.4, 0.5) is 0 Å². The van der Waals surface area contributed by atoms with E-state index in [1.165, 1.54) is 5.56 Å². The average Bonchev–Trinajstić information content (AvgIpc) is 3.23. The molecule has 0 spiro atoms. The van der Waals surface area contributed by atoms with E-state index in [0.29, 0.717) is 5.75 Å². The molecule has 5 aromatic rings. The van der Waals surface area contributed by atoms with Crippen molar-refractivity contribution in [3.05, 3.63) is 95.8 Å². The van der Waals surface area contributed by atoms with Crippen molar-refractivity contribution in [1.29, 1.82) is 0 Å². The number of hydrogen-bond donors (Lipinski definition) is 0. The van der Waals surface area contributed by atoms with Crippen LogP contribution in [-0.2, 0) is 5.75 Å². The molecule has 6 heteroatoms. The largest absolute Gasteiger partial charge is 0.270 e. The fourth-order valence-electron chi connectivity index (χ4n) is 3.46. The molecule has 0 bridgehead atoms. The summed E-state index contributed by atoms with van der Waals surface area (Å²) in [6, 6.07) is 26.6. The molecule has 3 aromatic carbocycles. The summed E-state index contributed by atoms with van der Waals surface area (Å²) in [5.41, 5.74) is 7.02. The second-order valence-electron chi connectivity index (χ2n) is 7.38. The molecule has 0 saturated carbocycles. The highest BCUT2D eigenvalue weighted by Crippen LogP contribution is 2.30. The lowest BCUT2D eigenvalue weighted by molar-refractivity contribution is 0.884. The quantitative estimate of drug-likeness (QED) is 0.335. The number of benzene rings is 3. The van der Waals surface area contributed by atoms with E-state index in [4.69, 9.17) is 9.97 Å². The van der Waals surface area contributed by atoms with Gasteiger partial charge in [-0.1, -0.05) is 71.9 Å². The van der Waals surface area contributed by atoms with Crippen molar-refractivity contribution in [2.45, 2.75) is 24.8 Å². The van der Waals surface area contributed by atoms with E-state index in [1.54, 1.807) is 11.8 Å². The molecular weight excluding hydrogens is 402 g/mol. The van der Waals surface area contributed by atoms with E-state index in [9.17, 15) is 0 Å². The number of aromatic nitrogens is 5. The van der Waals surface area contributed by atoms with Crippen LogP contribution in [-0.4, -0.2) is 24.7 Å². The van der Waals surface area contributed by atoms with E-state index in [-0.39, 0.29) is 0 Å². The summed E-state index contributed by atoms with van der Waals surface area (Å²) in [5.74, 6) is 1.50. The fourth-order valence-corrected chi connectivity index (χ4v) is 4.42. The van der Waals surface area contributed by atoms with Crippen molar-refractivity contribution < 1.29 is 0 Å². The topological polar surface area (TPSA) is 56.5 Å². The summed E-state index contributed by atoms with van der Waals surface area (Å²) in [5, 5.41) is 9.88. The van der Waals surface area contributed by atoms with Crippen LogP contribution >= 0.6 is 11.8 Å². The summed E-state index contributed by atoms with van der Waals surface area (Å²) < 4.78 is 2.11. The third-order valence-corrected chi connectivity index (χ3v) is 6.08. The van der Waals surface area contributed by atoms with Gasteiger partial charge in [0.25, 0.3) is 0 Å². The molecule has 152 valence electrons. The van der Waals surface area contributed by atoms with Crippen molar-refractivity contribution >= 4 is 22.8 Å². The van der Waals surface area contributed by atoms with E-state index < -0.39 is 0 Å². The Labute approximate surface area is 185 Å². The van der Waals surface area contributed by atoms with Crippen LogP contribution in [0.5, 0.6) is 0 Å². The van der Waals surface area contributed by atoms with Gasteiger partial charge in [-0.05, 0) is 38.1 Å². The molecule has 0 amide bonds. The van der Waals surface area contributed by atoms with E-state index in [0.717, 1.165) is 44.7 Å². The van der Waals surface area contributed by atoms with Crippen LogP contribution in [0.3, 0.4) is 0 Å². The predicted molar refractivity (Wildman–Crippen MR) is 125 cm³/mol. The Bertz CT molecular complexity index is 1340. The molecule has 2 heterocycles. The first-order chi connectivity index (χ1) is 15.2. The fraction of sp³-hybridized carbons (Fsp3) is 0.120. The van der Waals surface area contributed by atoms with E-state index >= 15 is 0 Å². The number of fused-ring (bicyclic) bond motifs is 1. The lowest BCUT2D eigenvalue weighted by Gasteiger charge is -2.11. The highest BCUT2D eigenvalue weighted by atomic mass is 32.2. The van der Waals surface area contributed by atoms with Gasteiger partial charge in [-0.25, -0.2) is 9.97 Å². The Hall–Kier alpha value is -3.51. The SMILES string of the molecule is Cc1ccc(-n2c(SCc3nc4ccccc4nc3C)nnc2-c2ccccc2)cc1. The van der Waals surface area contributed by atoms with Crippen LogP contribution < -0.4 is 0 Å². The van der Waals surface area contributed by atoms with Crippen molar-refractivity contribution in [2.75, 3.05) is 0 Å². The summed E-state index contributed by atoms with van der Waals surface area (Å²) in [6.45, 7) is 4.10. The van der Waals surface area contributed by atoms with Gasteiger partial charge in [0.1, 0.15) is 0 Å². The van der Waals surface area contributed by atoms with E-state index in [2.05, 4.69) is 58.1 Å². The molecule has 0 N–H and O–H groups in total. The molecule has 0 aliphatic heterocycles. The second kappa shape index (κ2) is 8.32. The minimum absolute atomic E-state index is 0.669. The Morgan fingerprint density at radius 2 is 1.42 bits per heavy atom. The monoisotopic (exact) mass is 423 g/mol. The standard InChI is InChI=1S/C25H21N5S/c1-17-12-14-20(15-13-17)30-24(19-8-4-3-5-9-19)28-29-25(30)31-16-23-18(2)26-21-10-6-7-11-22(21)27-23/h3-15H,16H2,1-2H3. The summed E-state index contributed by atoms with van der Waals surface area (Å²) in [6.07, 6.45) is 0. The third-order valence-electron chi connectivity index (χ3n) is 5.14. The molecule has 0 aliphatic rings. The van der Waals surface area contributed by atoms with Crippen LogP contribution in [0.15, 0.2) is 84.0 Å². The first kappa shape index (κ1) is 19.5. The predicted octanol–water partition coefficient (Wildman–Crippen LogP) is 5.79. The summed E-state index contributed by atoms with van der Waals surface area (Å²) in [7, 11) is 0. The van der Waals surface area contributed by atoms with Crippen LogP contribution in [0, 0.1) is 13.8 Å². The molecule has 0 saturated heterocycles. The first-order valence-corrected chi connectivity index (χ1v) is 11.1. The van der Waals surface area contributed by atoms with Crippen LogP contribution in [0.2, 0.25) is 0 Å². The highest BCUT2D eigenvalue weighted by Gasteiger charge is 2.17. The molecule has 5 rings (SSSR count). The first-order valence-electron chi connectivity index (χ1n) is 10.1. The third kappa shape index (κ3) is 3.94. The molecule has 31 heavy (non-hydrogen) atoms. The maximum atomic E-state index is 4.83. The molecule has 0 unspecified atom stereocenters. The van der Waals surface area contributed by atoms with Crippen LogP contribution in [0.1, 0.15) is 17.0 Å². The molecule has 0 fully saturated rings. The van der Waals surface area contributed by atoms with Gasteiger partial charge in [0.05, 0.1) is 22.4 Å². The Balaban J connectivity index is 1.53. The van der Waals surface area contributed by atoms with Gasteiger partial charge < -0.3 is 0 Å². The van der Waals surface area contributed by atoms with Crippen molar-refractivity contribution in [3.63, 3.8) is 0 Å². The number of para-hydroxylation sites is 2. The van der Waals surface area contributed by atoms with Gasteiger partial charge in [0.2, 0.25) is 0 Å². The van der Waals surface area contributed by atoms with Crippen molar-refractivity contribution in [3.8, 4) is 17.1 Å². The van der Waals surface area contributed by atoms with Crippen molar-refractivity contribution in [1.82, 2.24) is 24.7 Å². The molecular formula is C25H21N5S. The van der Waals surface area contributed by atoms with Gasteiger partial charge in [-0.3, -0.25) is 4.57 Å². The van der Waals surface area contributed by atoms with Gasteiger partial charge in [-0.2, -0.15) is 0 Å². The lowest BCUT2D eigenvalue weighted by atomic mass is 10.2. The minimum atomic E-state index is 0.669. The van der Waals surface area contributed by atoms with Crippen LogP contribution in [0.25, 0.3) is 28.1 Å². The molecule has 0 aliphatic carbocycles. The zero-order valence-electron chi connectivity index (χ0n) is 17.4. The molecule has 0 atom stereocenters. The number of nitrogens with zero attached hydrogens (tertiary/aromatic N) is 5. The zero-order chi connectivity index (χ0) is 21.2. The number of hydrogen-bond acceptors (Lipinski definition) is 5. The maximum absolute atomic E-state index is 4.83. The highest BCUT2D eigenvalue weighted by molar-refractivity contribution is 7.98. The average molecular weight is 424 g/mol. The maximum Gasteiger partial charge on any atom is 0.196 e. The van der Waals surface area contributed by atoms with Gasteiger partial charge in [0, 0.05) is 17.0 Å². The van der Waals surface area contributed by atoms with Gasteiger partial charge in [0.15, 0.2) is 11.0 Å². The Morgan fingerprint density at radius 3 is 2.16 bits per heavy atom. The smallest absolute Gasteiger partial charge is 0.196 e. The molecule has 0 radical (unpaired) electrons. The molecule has 5 nitrogen and oxygen atoms in total. The molecule has 2 aromatic heterocycles. The Morgan fingerprint density at radius 1 is 0.742 bits per heavy atom. The number of rotatable bonds is 5. The minimum Gasteiger partial charge on any atom is -0.270 e. The zero-order valence-corrected chi connectivity index (χ0v) is 18.2. The van der Waals surface area contributed by atoms with Gasteiger partial charge in [-0.15, -0.1) is 10.2 Å². The Kier molecular flexibility index (Phi) is 5.22. The normalized spacial score (nSPS) is 11.2. The summed E-state index contributed by atoms with van der Waals surface area (Å²) >= 11 is 1.62. The summed E-state index contributed by atoms with van der Waals surface area (Å²) in [4.78, 5) is 9.54. The van der Waals surface area contributed by atoms with Gasteiger partial charge >= 0.3 is 0 Å². The number of thioether (sulfide) groups is 1. The number of aryl methyl sites for hydroxylation is 2. The second-order valence-corrected chi connectivity index (χ2v) is 8.32. The van der Waals surface area contributed by atoms with Crippen molar-refractivity contribution in [2.24, 2.45) is 0 Å². The lowest BCUT2D eigenvalue weighted by Crippen LogP contribution is -2.01. The van der Waals surface area contributed by atoms with E-state index in [1.807, 2.05) is 49.4 Å².